The molecule has 5 rings (SSSR count). The Morgan fingerprint density at radius 3 is 2.65 bits per heavy atom. The van der Waals surface area contributed by atoms with Crippen LogP contribution in [0.15, 0.2) is 83.0 Å². The Kier molecular flexibility index (Phi) is 8.54. The number of anilines is 2. The van der Waals surface area contributed by atoms with Gasteiger partial charge in [0.05, 0.1) is 43.3 Å². The molecule has 10 nitrogen and oxygen atoms in total. The maximum absolute atomic E-state index is 14.1. The summed E-state index contributed by atoms with van der Waals surface area (Å²) in [7, 11) is 3.29. The molecule has 3 aromatic rings. The Labute approximate surface area is 251 Å². The zero-order valence-corrected chi connectivity index (χ0v) is 25.1. The SMILES string of the molecule is CCCCOc1ccc(-n2c3c(n(-c4cccc(N(C)C(=O)/C=C/C[N+](C)([O-])C5CC5)c4)c2=O)NC=C=C(C)C3=N)cc1. The van der Waals surface area contributed by atoms with E-state index in [4.69, 9.17) is 10.1 Å². The summed E-state index contributed by atoms with van der Waals surface area (Å²) in [5, 5.41) is 24.6. The number of amides is 1. The quantitative estimate of drug-likeness (QED) is 0.105. The lowest BCUT2D eigenvalue weighted by Crippen LogP contribution is -2.40. The average molecular weight is 583 g/mol. The first kappa shape index (κ1) is 29.8. The number of aromatic nitrogens is 2. The van der Waals surface area contributed by atoms with Crippen LogP contribution in [0.3, 0.4) is 0 Å². The largest absolute Gasteiger partial charge is 0.633 e. The Morgan fingerprint density at radius 2 is 1.95 bits per heavy atom. The van der Waals surface area contributed by atoms with Crippen molar-refractivity contribution in [2.24, 2.45) is 0 Å². The molecular weight excluding hydrogens is 544 g/mol. The highest BCUT2D eigenvalue weighted by Crippen LogP contribution is 2.31. The monoisotopic (exact) mass is 582 g/mol. The van der Waals surface area contributed by atoms with E-state index in [1.807, 2.05) is 24.3 Å². The van der Waals surface area contributed by atoms with Crippen LogP contribution in [-0.4, -0.2) is 58.7 Å². The van der Waals surface area contributed by atoms with Gasteiger partial charge >= 0.3 is 5.69 Å². The van der Waals surface area contributed by atoms with E-state index in [2.05, 4.69) is 18.0 Å². The van der Waals surface area contributed by atoms with Crippen molar-refractivity contribution >= 4 is 23.1 Å². The number of nitrogens with one attached hydrogen (secondary N) is 2. The van der Waals surface area contributed by atoms with Gasteiger partial charge < -0.3 is 24.8 Å². The smallest absolute Gasteiger partial charge is 0.339 e. The number of likely N-dealkylation sites (N-methyl/N-ethyl adjacent to an activating group) is 2. The number of quaternary nitrogens is 1. The fourth-order valence-corrected chi connectivity index (χ4v) is 5.05. The van der Waals surface area contributed by atoms with E-state index in [9.17, 15) is 14.8 Å². The molecule has 1 aliphatic carbocycles. The van der Waals surface area contributed by atoms with Crippen molar-refractivity contribution in [3.8, 4) is 17.1 Å². The minimum absolute atomic E-state index is 0.121. The predicted molar refractivity (Wildman–Crippen MR) is 169 cm³/mol. The first-order valence-electron chi connectivity index (χ1n) is 14.6. The number of nitrogens with zero attached hydrogens (tertiary/aromatic N) is 4. The van der Waals surface area contributed by atoms with Gasteiger partial charge in [0, 0.05) is 43.4 Å². The molecule has 1 amide bonds. The van der Waals surface area contributed by atoms with E-state index < -0.39 is 0 Å². The van der Waals surface area contributed by atoms with E-state index in [1.165, 1.54) is 20.1 Å². The number of carbonyl (C=O) groups is 1. The molecule has 0 radical (unpaired) electrons. The molecule has 43 heavy (non-hydrogen) atoms. The van der Waals surface area contributed by atoms with Crippen molar-refractivity contribution in [1.29, 1.82) is 5.41 Å². The minimum Gasteiger partial charge on any atom is -0.633 e. The normalized spacial score (nSPS) is 15.8. The van der Waals surface area contributed by atoms with Crippen LogP contribution in [0.1, 0.15) is 45.2 Å². The molecule has 1 aliphatic heterocycles. The predicted octanol–water partition coefficient (Wildman–Crippen LogP) is 5.29. The zero-order chi connectivity index (χ0) is 30.7. The molecule has 2 aromatic carbocycles. The molecule has 2 aliphatic rings. The number of carbonyl (C=O) groups excluding carboxylic acids is 1. The molecule has 1 saturated carbocycles. The van der Waals surface area contributed by atoms with Gasteiger partial charge in [-0.15, -0.1) is 0 Å². The summed E-state index contributed by atoms with van der Waals surface area (Å²) in [6, 6.07) is 14.5. The van der Waals surface area contributed by atoms with E-state index in [0.29, 0.717) is 46.5 Å². The standard InChI is InChI=1S/C33H38N6O4/c1-5-6-21-43-28-16-12-24(13-17-28)37-31-30(34)23(2)18-19-35-32(31)38(33(37)41)26-10-7-9-25(22-26)36(3)29(40)11-8-20-39(4,42)27-14-15-27/h7-13,16-17,19,22,27,34-35H,5-6,14-15,20-21H2,1-4H3/b11-8+,34-30?. The van der Waals surface area contributed by atoms with Crippen LogP contribution in [0.4, 0.5) is 11.5 Å². The van der Waals surface area contributed by atoms with Gasteiger partial charge in [-0.05, 0) is 61.9 Å². The maximum Gasteiger partial charge on any atom is 0.339 e. The molecular formula is C33H38N6O4. The number of hydrogen-bond donors (Lipinski definition) is 2. The third-order valence-electron chi connectivity index (χ3n) is 7.88. The van der Waals surface area contributed by atoms with Crippen LogP contribution < -0.4 is 20.6 Å². The van der Waals surface area contributed by atoms with Gasteiger partial charge in [0.2, 0.25) is 0 Å². The summed E-state index contributed by atoms with van der Waals surface area (Å²) in [4.78, 5) is 28.6. The first-order chi connectivity index (χ1) is 20.6. The zero-order valence-electron chi connectivity index (χ0n) is 25.1. The number of ether oxygens (including phenoxy) is 1. The molecule has 1 aromatic heterocycles. The average Bonchev–Trinajstić information content (AvgIpc) is 3.83. The van der Waals surface area contributed by atoms with Crippen molar-refractivity contribution in [2.45, 2.75) is 45.6 Å². The highest BCUT2D eigenvalue weighted by molar-refractivity contribution is 6.13. The number of unbranched alkanes of at least 4 members (excludes halogenated alkanes) is 1. The fraction of sp³-hybridized carbons (Fsp3) is 0.333. The van der Waals surface area contributed by atoms with Crippen LogP contribution in [0.25, 0.3) is 11.4 Å². The number of imidazole rings is 1. The molecule has 1 unspecified atom stereocenters. The van der Waals surface area contributed by atoms with E-state index in [-0.39, 0.29) is 34.5 Å². The van der Waals surface area contributed by atoms with Gasteiger partial charge in [0.25, 0.3) is 5.91 Å². The molecule has 2 N–H and O–H groups in total. The van der Waals surface area contributed by atoms with Gasteiger partial charge in [-0.3, -0.25) is 14.8 Å². The van der Waals surface area contributed by atoms with Gasteiger partial charge in [0.1, 0.15) is 17.3 Å². The molecule has 224 valence electrons. The molecule has 0 spiro atoms. The maximum atomic E-state index is 14.1. The first-order valence-corrected chi connectivity index (χ1v) is 14.6. The van der Waals surface area contributed by atoms with Crippen molar-refractivity contribution in [3.05, 3.63) is 99.6 Å². The number of allylic oxidation sites excluding steroid dienone is 1. The Balaban J connectivity index is 1.49. The van der Waals surface area contributed by atoms with Crippen LogP contribution in [0.5, 0.6) is 5.75 Å². The van der Waals surface area contributed by atoms with Crippen molar-refractivity contribution in [1.82, 2.24) is 9.13 Å². The van der Waals surface area contributed by atoms with Crippen LogP contribution in [0.2, 0.25) is 0 Å². The summed E-state index contributed by atoms with van der Waals surface area (Å²) >= 11 is 0. The topological polar surface area (TPSA) is 115 Å². The number of hydrogen-bond acceptors (Lipinski definition) is 6. The van der Waals surface area contributed by atoms with Crippen molar-refractivity contribution < 1.29 is 14.2 Å². The number of hydroxylamine groups is 3. The number of rotatable bonds is 11. The lowest BCUT2D eigenvalue weighted by atomic mass is 10.1. The second-order valence-corrected chi connectivity index (χ2v) is 11.2. The lowest BCUT2D eigenvalue weighted by molar-refractivity contribution is -0.865. The van der Waals surface area contributed by atoms with Crippen LogP contribution in [0, 0.1) is 10.6 Å². The summed E-state index contributed by atoms with van der Waals surface area (Å²) in [5.41, 5.74) is 5.51. The molecule has 2 heterocycles. The van der Waals surface area contributed by atoms with E-state index >= 15 is 0 Å². The summed E-state index contributed by atoms with van der Waals surface area (Å²) < 4.78 is 8.44. The van der Waals surface area contributed by atoms with Gasteiger partial charge in [0.15, 0.2) is 0 Å². The Hall–Kier alpha value is -4.63. The summed E-state index contributed by atoms with van der Waals surface area (Å²) in [6.45, 7) is 4.74. The Bertz CT molecular complexity index is 1680. The lowest BCUT2D eigenvalue weighted by Gasteiger charge is -2.38. The van der Waals surface area contributed by atoms with E-state index in [1.54, 1.807) is 57.6 Å². The van der Waals surface area contributed by atoms with Gasteiger partial charge in [-0.25, -0.2) is 9.36 Å². The van der Waals surface area contributed by atoms with Crippen LogP contribution >= 0.6 is 0 Å². The third kappa shape index (κ3) is 6.27. The molecule has 0 bridgehead atoms. The second kappa shape index (κ2) is 12.3. The highest BCUT2D eigenvalue weighted by atomic mass is 16.5. The number of fused-ring (bicyclic) bond motifs is 1. The Morgan fingerprint density at radius 1 is 1.21 bits per heavy atom. The van der Waals surface area contributed by atoms with Crippen molar-refractivity contribution in [2.75, 3.05) is 37.5 Å². The van der Waals surface area contributed by atoms with Crippen LogP contribution in [-0.2, 0) is 4.79 Å². The van der Waals surface area contributed by atoms with Gasteiger partial charge in [-0.2, -0.15) is 0 Å². The van der Waals surface area contributed by atoms with Gasteiger partial charge in [-0.1, -0.05) is 25.1 Å². The molecule has 1 atom stereocenters. The molecule has 0 saturated heterocycles. The third-order valence-corrected chi connectivity index (χ3v) is 7.88. The second-order valence-electron chi connectivity index (χ2n) is 11.2. The van der Waals surface area contributed by atoms with Crippen molar-refractivity contribution in [3.63, 3.8) is 0 Å². The summed E-state index contributed by atoms with van der Waals surface area (Å²) in [5.74, 6) is 0.851. The fourth-order valence-electron chi connectivity index (χ4n) is 5.05. The van der Waals surface area contributed by atoms with E-state index in [0.717, 1.165) is 25.7 Å². The minimum atomic E-state index is -0.372. The molecule has 10 heteroatoms. The highest BCUT2D eigenvalue weighted by Gasteiger charge is 2.34. The summed E-state index contributed by atoms with van der Waals surface area (Å²) in [6.07, 6.45) is 8.50. The number of benzene rings is 2. The molecule has 1 fully saturated rings.